The molecule has 0 aromatic heterocycles. The molecule has 2 aromatic carbocycles. The molecule has 2 N–H and O–H groups in total. The van der Waals surface area contributed by atoms with Crippen LogP contribution in [0.5, 0.6) is 0 Å². The fourth-order valence-electron chi connectivity index (χ4n) is 1.42. The fourth-order valence-corrected chi connectivity index (χ4v) is 1.42. The van der Waals surface area contributed by atoms with E-state index in [2.05, 4.69) is 0 Å². The van der Waals surface area contributed by atoms with E-state index in [0.29, 0.717) is 5.69 Å². The lowest BCUT2D eigenvalue weighted by molar-refractivity contribution is 0.0292. The van der Waals surface area contributed by atoms with Crippen LogP contribution in [-0.2, 0) is 0 Å². The van der Waals surface area contributed by atoms with Crippen molar-refractivity contribution >= 4 is 5.69 Å². The summed E-state index contributed by atoms with van der Waals surface area (Å²) < 4.78 is 0. The highest BCUT2D eigenvalue weighted by Crippen LogP contribution is 2.21. The van der Waals surface area contributed by atoms with Crippen LogP contribution < -0.4 is 5.23 Å². The third kappa shape index (κ3) is 2.15. The van der Waals surface area contributed by atoms with Crippen LogP contribution in [0.4, 0.5) is 5.69 Å². The highest BCUT2D eigenvalue weighted by molar-refractivity contribution is 5.65. The highest BCUT2D eigenvalue weighted by Gasteiger charge is 1.99. The SMILES string of the molecule is ON(O)c1ccc(-c2ccccc2)cc1. The Morgan fingerprint density at radius 1 is 0.667 bits per heavy atom. The van der Waals surface area contributed by atoms with Crippen molar-refractivity contribution in [3.05, 3.63) is 54.6 Å². The van der Waals surface area contributed by atoms with Crippen molar-refractivity contribution in [1.29, 1.82) is 0 Å². The lowest BCUT2D eigenvalue weighted by Crippen LogP contribution is -2.10. The summed E-state index contributed by atoms with van der Waals surface area (Å²) in [5, 5.41) is 17.7. The first kappa shape index (κ1) is 9.71. The first-order chi connectivity index (χ1) is 7.27. The second kappa shape index (κ2) is 4.13. The van der Waals surface area contributed by atoms with Gasteiger partial charge in [-0.25, -0.2) is 0 Å². The summed E-state index contributed by atoms with van der Waals surface area (Å²) in [6.45, 7) is 0. The highest BCUT2D eigenvalue weighted by atomic mass is 16.8. The molecule has 0 spiro atoms. The fraction of sp³-hybridized carbons (Fsp3) is 0. The van der Waals surface area contributed by atoms with Crippen molar-refractivity contribution in [3.63, 3.8) is 0 Å². The smallest absolute Gasteiger partial charge is 0.0943 e. The second-order valence-electron chi connectivity index (χ2n) is 3.20. The molecule has 0 saturated heterocycles. The quantitative estimate of drug-likeness (QED) is 0.734. The molecule has 2 aromatic rings. The molecule has 0 atom stereocenters. The van der Waals surface area contributed by atoms with Gasteiger partial charge in [0.15, 0.2) is 0 Å². The topological polar surface area (TPSA) is 43.7 Å². The molecule has 0 aliphatic heterocycles. The molecule has 0 saturated carbocycles. The normalized spacial score (nSPS) is 10.0. The molecule has 0 radical (unpaired) electrons. The van der Waals surface area contributed by atoms with Crippen LogP contribution in [-0.4, -0.2) is 10.4 Å². The van der Waals surface area contributed by atoms with Gasteiger partial charge in [0.1, 0.15) is 0 Å². The maximum absolute atomic E-state index is 8.77. The van der Waals surface area contributed by atoms with E-state index in [0.717, 1.165) is 11.1 Å². The molecular formula is C12H11NO2. The van der Waals surface area contributed by atoms with Crippen molar-refractivity contribution in [2.75, 3.05) is 5.23 Å². The van der Waals surface area contributed by atoms with E-state index >= 15 is 0 Å². The molecule has 0 aliphatic rings. The number of nitrogens with zero attached hydrogens (tertiary/aromatic N) is 1. The summed E-state index contributed by atoms with van der Waals surface area (Å²) in [6, 6.07) is 16.9. The van der Waals surface area contributed by atoms with Gasteiger partial charge in [-0.15, -0.1) is 5.23 Å². The van der Waals surface area contributed by atoms with Crippen molar-refractivity contribution in [1.82, 2.24) is 0 Å². The van der Waals surface area contributed by atoms with E-state index in [1.54, 1.807) is 12.1 Å². The Bertz CT molecular complexity index is 423. The second-order valence-corrected chi connectivity index (χ2v) is 3.20. The molecule has 76 valence electrons. The van der Waals surface area contributed by atoms with Crippen LogP contribution >= 0.6 is 0 Å². The molecular weight excluding hydrogens is 190 g/mol. The first-order valence-electron chi connectivity index (χ1n) is 4.61. The van der Waals surface area contributed by atoms with Gasteiger partial charge in [-0.3, -0.25) is 10.4 Å². The van der Waals surface area contributed by atoms with Gasteiger partial charge in [0.25, 0.3) is 0 Å². The number of hydrogen-bond donors (Lipinski definition) is 2. The molecule has 0 bridgehead atoms. The minimum absolute atomic E-state index is 0.106. The molecule has 3 nitrogen and oxygen atoms in total. The van der Waals surface area contributed by atoms with Gasteiger partial charge in [-0.1, -0.05) is 42.5 Å². The van der Waals surface area contributed by atoms with E-state index < -0.39 is 0 Å². The summed E-state index contributed by atoms with van der Waals surface area (Å²) in [4.78, 5) is 0. The molecule has 0 amide bonds. The third-order valence-corrected chi connectivity index (χ3v) is 2.21. The maximum Gasteiger partial charge on any atom is 0.0943 e. The average molecular weight is 201 g/mol. The Morgan fingerprint density at radius 3 is 1.73 bits per heavy atom. The minimum atomic E-state index is 0.106. The molecule has 15 heavy (non-hydrogen) atoms. The van der Waals surface area contributed by atoms with Crippen LogP contribution in [0.25, 0.3) is 11.1 Å². The molecule has 0 heterocycles. The molecule has 0 unspecified atom stereocenters. The molecule has 2 rings (SSSR count). The van der Waals surface area contributed by atoms with Gasteiger partial charge >= 0.3 is 0 Å². The van der Waals surface area contributed by atoms with Gasteiger partial charge in [0, 0.05) is 0 Å². The van der Waals surface area contributed by atoms with Gasteiger partial charge in [0.2, 0.25) is 0 Å². The Hall–Kier alpha value is -1.84. The zero-order valence-corrected chi connectivity index (χ0v) is 8.04. The zero-order valence-electron chi connectivity index (χ0n) is 8.04. The van der Waals surface area contributed by atoms with Crippen LogP contribution in [0.2, 0.25) is 0 Å². The summed E-state index contributed by atoms with van der Waals surface area (Å²) >= 11 is 0. The maximum atomic E-state index is 8.77. The summed E-state index contributed by atoms with van der Waals surface area (Å²) in [5.41, 5.74) is 2.49. The molecule has 0 fully saturated rings. The van der Waals surface area contributed by atoms with Gasteiger partial charge < -0.3 is 0 Å². The summed E-state index contributed by atoms with van der Waals surface area (Å²) in [7, 11) is 0. The first-order valence-corrected chi connectivity index (χ1v) is 4.61. The third-order valence-electron chi connectivity index (χ3n) is 2.21. The van der Waals surface area contributed by atoms with Gasteiger partial charge in [-0.05, 0) is 23.3 Å². The summed E-state index contributed by atoms with van der Waals surface area (Å²) in [6.07, 6.45) is 0. The van der Waals surface area contributed by atoms with E-state index in [9.17, 15) is 0 Å². The zero-order chi connectivity index (χ0) is 10.7. The summed E-state index contributed by atoms with van der Waals surface area (Å²) in [5.74, 6) is 0. The average Bonchev–Trinajstić information content (AvgIpc) is 2.30. The standard InChI is InChI=1S/C12H11NO2/c14-13(15)12-8-6-11(7-9-12)10-4-2-1-3-5-10/h1-9,14-15H. The Labute approximate surface area is 87.7 Å². The van der Waals surface area contributed by atoms with Crippen LogP contribution in [0.3, 0.4) is 0 Å². The van der Waals surface area contributed by atoms with Crippen LogP contribution in [0.1, 0.15) is 0 Å². The number of hydrogen-bond acceptors (Lipinski definition) is 3. The Kier molecular flexibility index (Phi) is 2.67. The lowest BCUT2D eigenvalue weighted by atomic mass is 10.1. The van der Waals surface area contributed by atoms with Crippen molar-refractivity contribution < 1.29 is 10.4 Å². The largest absolute Gasteiger partial charge is 0.264 e. The van der Waals surface area contributed by atoms with E-state index in [-0.39, 0.29) is 5.23 Å². The van der Waals surface area contributed by atoms with Crippen molar-refractivity contribution in [2.24, 2.45) is 0 Å². The number of benzene rings is 2. The monoisotopic (exact) mass is 201 g/mol. The molecule has 0 aliphatic carbocycles. The minimum Gasteiger partial charge on any atom is -0.264 e. The number of rotatable bonds is 2. The molecule has 3 heteroatoms. The van der Waals surface area contributed by atoms with Crippen molar-refractivity contribution in [2.45, 2.75) is 0 Å². The Balaban J connectivity index is 2.32. The lowest BCUT2D eigenvalue weighted by Gasteiger charge is -2.08. The predicted octanol–water partition coefficient (Wildman–Crippen LogP) is 2.94. The number of anilines is 1. The van der Waals surface area contributed by atoms with E-state index in [1.807, 2.05) is 42.5 Å². The predicted molar refractivity (Wildman–Crippen MR) is 57.9 cm³/mol. The van der Waals surface area contributed by atoms with Crippen LogP contribution in [0.15, 0.2) is 54.6 Å². The van der Waals surface area contributed by atoms with Crippen molar-refractivity contribution in [3.8, 4) is 11.1 Å². The van der Waals surface area contributed by atoms with E-state index in [4.69, 9.17) is 10.4 Å². The van der Waals surface area contributed by atoms with Crippen LogP contribution in [0, 0.1) is 0 Å². The Morgan fingerprint density at radius 2 is 1.20 bits per heavy atom. The van der Waals surface area contributed by atoms with Gasteiger partial charge in [-0.2, -0.15) is 0 Å². The van der Waals surface area contributed by atoms with E-state index in [1.165, 1.54) is 0 Å². The van der Waals surface area contributed by atoms with Gasteiger partial charge in [0.05, 0.1) is 5.69 Å².